The van der Waals surface area contributed by atoms with E-state index in [2.05, 4.69) is 23.4 Å². The molecule has 1 saturated carbocycles. The Morgan fingerprint density at radius 3 is 2.73 bits per heavy atom. The molecule has 0 amide bonds. The average Bonchev–Trinajstić information content (AvgIpc) is 2.75. The van der Waals surface area contributed by atoms with Crippen LogP contribution in [0, 0.1) is 0 Å². The number of rotatable bonds is 3. The highest BCUT2D eigenvalue weighted by Crippen LogP contribution is 2.31. The topological polar surface area (TPSA) is 38.0 Å². The van der Waals surface area contributed by atoms with Crippen molar-refractivity contribution in [1.29, 1.82) is 0 Å². The van der Waals surface area contributed by atoms with Crippen molar-refractivity contribution >= 4 is 0 Å². The molecule has 1 fully saturated rings. The Morgan fingerprint density at radius 2 is 2.13 bits per heavy atom. The summed E-state index contributed by atoms with van der Waals surface area (Å²) in [4.78, 5) is 4.34. The van der Waals surface area contributed by atoms with E-state index in [0.29, 0.717) is 12.5 Å². The van der Waals surface area contributed by atoms with Crippen LogP contribution in [0.25, 0.3) is 0 Å². The van der Waals surface area contributed by atoms with Crippen molar-refractivity contribution in [3.05, 3.63) is 18.2 Å². The first-order valence-corrected chi connectivity index (χ1v) is 5.84. The molecule has 1 N–H and O–H groups in total. The summed E-state index contributed by atoms with van der Waals surface area (Å²) < 4.78 is 2.11. The monoisotopic (exact) mass is 208 g/mol. The molecule has 1 aromatic heterocycles. The van der Waals surface area contributed by atoms with E-state index in [1.54, 1.807) is 0 Å². The van der Waals surface area contributed by atoms with Gasteiger partial charge in [0.05, 0.1) is 12.1 Å². The lowest BCUT2D eigenvalue weighted by Gasteiger charge is -2.24. The van der Waals surface area contributed by atoms with Gasteiger partial charge < -0.3 is 9.67 Å². The largest absolute Gasteiger partial charge is 0.388 e. The molecule has 0 unspecified atom stereocenters. The summed E-state index contributed by atoms with van der Waals surface area (Å²) in [5.74, 6) is 1.50. The summed E-state index contributed by atoms with van der Waals surface area (Å²) in [6, 6.07) is 0. The molecule has 3 nitrogen and oxygen atoms in total. The SMILES string of the molecule is CC(C)c1nccn1CC1(O)CCCC1. The molecule has 0 atom stereocenters. The van der Waals surface area contributed by atoms with Crippen LogP contribution < -0.4 is 0 Å². The molecule has 3 heteroatoms. The van der Waals surface area contributed by atoms with Gasteiger partial charge in [-0.2, -0.15) is 0 Å². The van der Waals surface area contributed by atoms with Gasteiger partial charge in [0.25, 0.3) is 0 Å². The minimum atomic E-state index is -0.482. The number of hydrogen-bond donors (Lipinski definition) is 1. The van der Waals surface area contributed by atoms with Crippen molar-refractivity contribution < 1.29 is 5.11 Å². The summed E-state index contributed by atoms with van der Waals surface area (Å²) in [7, 11) is 0. The predicted octanol–water partition coefficient (Wildman–Crippen LogP) is 2.31. The van der Waals surface area contributed by atoms with E-state index in [9.17, 15) is 5.11 Å². The summed E-state index contributed by atoms with van der Waals surface area (Å²) in [6.07, 6.45) is 7.98. The van der Waals surface area contributed by atoms with Crippen LogP contribution in [0.1, 0.15) is 51.3 Å². The molecule has 0 bridgehead atoms. The first-order valence-electron chi connectivity index (χ1n) is 5.84. The van der Waals surface area contributed by atoms with Gasteiger partial charge in [-0.25, -0.2) is 4.98 Å². The van der Waals surface area contributed by atoms with Gasteiger partial charge in [-0.15, -0.1) is 0 Å². The summed E-state index contributed by atoms with van der Waals surface area (Å²) >= 11 is 0. The van der Waals surface area contributed by atoms with Crippen molar-refractivity contribution in [2.75, 3.05) is 0 Å². The normalized spacial score (nSPS) is 20.0. The van der Waals surface area contributed by atoms with E-state index in [1.165, 1.54) is 0 Å². The van der Waals surface area contributed by atoms with E-state index < -0.39 is 5.60 Å². The molecule has 0 radical (unpaired) electrons. The van der Waals surface area contributed by atoms with Gasteiger partial charge in [-0.3, -0.25) is 0 Å². The molecular weight excluding hydrogens is 188 g/mol. The minimum absolute atomic E-state index is 0.421. The molecule has 0 saturated heterocycles. The number of aromatic nitrogens is 2. The van der Waals surface area contributed by atoms with Crippen LogP contribution in [0.5, 0.6) is 0 Å². The number of imidazole rings is 1. The number of nitrogens with zero attached hydrogens (tertiary/aromatic N) is 2. The van der Waals surface area contributed by atoms with Crippen molar-refractivity contribution in [2.45, 2.75) is 57.6 Å². The Hall–Kier alpha value is -0.830. The Balaban J connectivity index is 2.13. The highest BCUT2D eigenvalue weighted by Gasteiger charge is 2.32. The molecule has 1 aliphatic rings. The maximum Gasteiger partial charge on any atom is 0.111 e. The zero-order chi connectivity index (χ0) is 10.9. The third-order valence-electron chi connectivity index (χ3n) is 3.26. The molecule has 2 rings (SSSR count). The number of hydrogen-bond acceptors (Lipinski definition) is 2. The van der Waals surface area contributed by atoms with Crippen LogP contribution in [0.2, 0.25) is 0 Å². The van der Waals surface area contributed by atoms with Gasteiger partial charge in [-0.1, -0.05) is 26.7 Å². The van der Waals surface area contributed by atoms with E-state index in [1.807, 2.05) is 12.4 Å². The van der Waals surface area contributed by atoms with E-state index in [0.717, 1.165) is 31.5 Å². The zero-order valence-corrected chi connectivity index (χ0v) is 9.61. The first kappa shape index (κ1) is 10.7. The molecule has 1 aliphatic carbocycles. The third kappa shape index (κ3) is 2.23. The second kappa shape index (κ2) is 3.97. The Bertz CT molecular complexity index is 324. The van der Waals surface area contributed by atoms with Crippen molar-refractivity contribution in [2.24, 2.45) is 0 Å². The first-order chi connectivity index (χ1) is 7.11. The maximum absolute atomic E-state index is 10.3. The molecular formula is C12H20N2O. The predicted molar refractivity (Wildman–Crippen MR) is 59.7 cm³/mol. The summed E-state index contributed by atoms with van der Waals surface area (Å²) in [5.41, 5.74) is -0.482. The number of aliphatic hydroxyl groups is 1. The summed E-state index contributed by atoms with van der Waals surface area (Å²) in [5, 5.41) is 10.3. The second-order valence-electron chi connectivity index (χ2n) is 5.00. The van der Waals surface area contributed by atoms with Crippen LogP contribution >= 0.6 is 0 Å². The zero-order valence-electron chi connectivity index (χ0n) is 9.61. The van der Waals surface area contributed by atoms with Crippen LogP contribution in [0.15, 0.2) is 12.4 Å². The van der Waals surface area contributed by atoms with E-state index >= 15 is 0 Å². The lowest BCUT2D eigenvalue weighted by atomic mass is 10.0. The van der Waals surface area contributed by atoms with Gasteiger partial charge in [0.2, 0.25) is 0 Å². The molecule has 1 heterocycles. The minimum Gasteiger partial charge on any atom is -0.388 e. The second-order valence-corrected chi connectivity index (χ2v) is 5.00. The quantitative estimate of drug-likeness (QED) is 0.827. The van der Waals surface area contributed by atoms with Gasteiger partial charge in [0, 0.05) is 18.3 Å². The van der Waals surface area contributed by atoms with Crippen molar-refractivity contribution in [3.63, 3.8) is 0 Å². The van der Waals surface area contributed by atoms with Crippen LogP contribution in [0.4, 0.5) is 0 Å². The highest BCUT2D eigenvalue weighted by atomic mass is 16.3. The smallest absolute Gasteiger partial charge is 0.111 e. The highest BCUT2D eigenvalue weighted by molar-refractivity contribution is 5.00. The van der Waals surface area contributed by atoms with Gasteiger partial charge in [0.15, 0.2) is 0 Å². The maximum atomic E-state index is 10.3. The fraction of sp³-hybridized carbons (Fsp3) is 0.750. The molecule has 0 spiro atoms. The van der Waals surface area contributed by atoms with Crippen molar-refractivity contribution in [1.82, 2.24) is 9.55 Å². The van der Waals surface area contributed by atoms with E-state index in [-0.39, 0.29) is 0 Å². The molecule has 0 aliphatic heterocycles. The van der Waals surface area contributed by atoms with Gasteiger partial charge in [0.1, 0.15) is 5.82 Å². The Kier molecular flexibility index (Phi) is 2.83. The van der Waals surface area contributed by atoms with Gasteiger partial charge in [-0.05, 0) is 12.8 Å². The standard InChI is InChI=1S/C12H20N2O/c1-10(2)11-13-7-8-14(11)9-12(15)5-3-4-6-12/h7-8,10,15H,3-6,9H2,1-2H3. The van der Waals surface area contributed by atoms with Crippen LogP contribution in [-0.2, 0) is 6.54 Å². The lowest BCUT2D eigenvalue weighted by Crippen LogP contribution is -2.31. The van der Waals surface area contributed by atoms with Crippen LogP contribution in [0.3, 0.4) is 0 Å². The molecule has 84 valence electrons. The van der Waals surface area contributed by atoms with E-state index in [4.69, 9.17) is 0 Å². The fourth-order valence-electron chi connectivity index (χ4n) is 2.46. The third-order valence-corrected chi connectivity index (χ3v) is 3.26. The average molecular weight is 208 g/mol. The lowest BCUT2D eigenvalue weighted by molar-refractivity contribution is 0.0289. The molecule has 0 aromatic carbocycles. The Morgan fingerprint density at radius 1 is 1.47 bits per heavy atom. The summed E-state index contributed by atoms with van der Waals surface area (Å²) in [6.45, 7) is 4.98. The van der Waals surface area contributed by atoms with Crippen LogP contribution in [-0.4, -0.2) is 20.3 Å². The molecule has 1 aromatic rings. The van der Waals surface area contributed by atoms with Crippen molar-refractivity contribution in [3.8, 4) is 0 Å². The van der Waals surface area contributed by atoms with Gasteiger partial charge >= 0.3 is 0 Å². The Labute approximate surface area is 91.1 Å². The fourth-order valence-corrected chi connectivity index (χ4v) is 2.46. The molecule has 15 heavy (non-hydrogen) atoms.